The number of H-pyrrole nitrogens is 1. The van der Waals surface area contributed by atoms with Crippen molar-refractivity contribution in [2.24, 2.45) is 0 Å². The SMILES string of the molecule is CCCCOc1n[nH]cc1-c1ccc(OC(F)(F)F)cc1. The number of nitrogens with one attached hydrogen (secondary N) is 1. The van der Waals surface area contributed by atoms with Crippen LogP contribution in [0.2, 0.25) is 0 Å². The molecule has 21 heavy (non-hydrogen) atoms. The second-order valence-electron chi connectivity index (χ2n) is 4.38. The van der Waals surface area contributed by atoms with Crippen molar-refractivity contribution in [2.45, 2.75) is 26.1 Å². The number of hydrogen-bond donors (Lipinski definition) is 1. The molecule has 0 unspecified atom stereocenters. The molecule has 0 aliphatic carbocycles. The maximum Gasteiger partial charge on any atom is 0.573 e. The van der Waals surface area contributed by atoms with Crippen LogP contribution in [0.4, 0.5) is 13.2 Å². The standard InChI is InChI=1S/C14H15F3N2O2/c1-2-3-8-20-13-12(9-18-19-13)10-4-6-11(7-5-10)21-14(15,16)17/h4-7,9H,2-3,8H2,1H3,(H,18,19). The Balaban J connectivity index is 2.10. The van der Waals surface area contributed by atoms with Gasteiger partial charge in [-0.05, 0) is 24.1 Å². The minimum absolute atomic E-state index is 0.261. The Labute approximate surface area is 119 Å². The molecular weight excluding hydrogens is 285 g/mol. The van der Waals surface area contributed by atoms with Crippen LogP contribution in [-0.4, -0.2) is 23.2 Å². The molecule has 2 rings (SSSR count). The minimum atomic E-state index is -4.69. The van der Waals surface area contributed by atoms with Crippen LogP contribution in [0, 0.1) is 0 Å². The van der Waals surface area contributed by atoms with E-state index < -0.39 is 6.36 Å². The number of alkyl halides is 3. The normalized spacial score (nSPS) is 11.4. The third kappa shape index (κ3) is 4.40. The smallest absolute Gasteiger partial charge is 0.476 e. The van der Waals surface area contributed by atoms with E-state index in [1.807, 2.05) is 6.92 Å². The Morgan fingerprint density at radius 3 is 2.52 bits per heavy atom. The van der Waals surface area contributed by atoms with E-state index in [-0.39, 0.29) is 5.75 Å². The van der Waals surface area contributed by atoms with Crippen molar-refractivity contribution in [3.05, 3.63) is 30.5 Å². The quantitative estimate of drug-likeness (QED) is 0.815. The molecule has 0 saturated heterocycles. The van der Waals surface area contributed by atoms with Crippen LogP contribution >= 0.6 is 0 Å². The van der Waals surface area contributed by atoms with E-state index in [0.29, 0.717) is 23.6 Å². The van der Waals surface area contributed by atoms with Crippen molar-refractivity contribution in [2.75, 3.05) is 6.61 Å². The largest absolute Gasteiger partial charge is 0.573 e. The van der Waals surface area contributed by atoms with Crippen molar-refractivity contribution in [3.8, 4) is 22.8 Å². The van der Waals surface area contributed by atoms with Crippen molar-refractivity contribution in [1.29, 1.82) is 0 Å². The van der Waals surface area contributed by atoms with Crippen LogP contribution < -0.4 is 9.47 Å². The summed E-state index contributed by atoms with van der Waals surface area (Å²) in [5.41, 5.74) is 1.40. The summed E-state index contributed by atoms with van der Waals surface area (Å²) in [5.74, 6) is 0.177. The van der Waals surface area contributed by atoms with Crippen molar-refractivity contribution >= 4 is 0 Å². The summed E-state index contributed by atoms with van der Waals surface area (Å²) in [6.45, 7) is 2.60. The molecule has 0 spiro atoms. The molecule has 1 heterocycles. The molecule has 0 bridgehead atoms. The van der Waals surface area contributed by atoms with Crippen molar-refractivity contribution in [1.82, 2.24) is 10.2 Å². The molecule has 0 fully saturated rings. The topological polar surface area (TPSA) is 47.1 Å². The van der Waals surface area contributed by atoms with Gasteiger partial charge in [-0.2, -0.15) is 0 Å². The molecule has 0 aliphatic rings. The van der Waals surface area contributed by atoms with Gasteiger partial charge in [0, 0.05) is 6.20 Å². The van der Waals surface area contributed by atoms with E-state index >= 15 is 0 Å². The lowest BCUT2D eigenvalue weighted by molar-refractivity contribution is -0.274. The minimum Gasteiger partial charge on any atom is -0.476 e. The molecule has 1 N–H and O–H groups in total. The second-order valence-corrected chi connectivity index (χ2v) is 4.38. The molecule has 0 radical (unpaired) electrons. The highest BCUT2D eigenvalue weighted by Crippen LogP contribution is 2.30. The predicted octanol–water partition coefficient (Wildman–Crippen LogP) is 4.15. The maximum atomic E-state index is 12.1. The van der Waals surface area contributed by atoms with Crippen LogP contribution in [0.1, 0.15) is 19.8 Å². The van der Waals surface area contributed by atoms with E-state index in [1.54, 1.807) is 6.20 Å². The second kappa shape index (κ2) is 6.51. The molecule has 1 aromatic carbocycles. The lowest BCUT2D eigenvalue weighted by Gasteiger charge is -2.09. The average molecular weight is 300 g/mol. The van der Waals surface area contributed by atoms with Gasteiger partial charge in [-0.1, -0.05) is 25.5 Å². The molecule has 1 aromatic heterocycles. The summed E-state index contributed by atoms with van der Waals surface area (Å²) in [7, 11) is 0. The Bertz CT molecular complexity index is 564. The third-order valence-corrected chi connectivity index (χ3v) is 2.74. The molecule has 4 nitrogen and oxygen atoms in total. The van der Waals surface area contributed by atoms with Gasteiger partial charge in [-0.25, -0.2) is 0 Å². The number of rotatable bonds is 6. The monoisotopic (exact) mass is 300 g/mol. The summed E-state index contributed by atoms with van der Waals surface area (Å²) in [5, 5.41) is 6.68. The summed E-state index contributed by atoms with van der Waals surface area (Å²) >= 11 is 0. The molecule has 0 aliphatic heterocycles. The summed E-state index contributed by atoms with van der Waals surface area (Å²) in [6, 6.07) is 5.56. The first-order chi connectivity index (χ1) is 9.99. The maximum absolute atomic E-state index is 12.1. The van der Waals surface area contributed by atoms with Gasteiger partial charge in [0.25, 0.3) is 0 Å². The zero-order valence-electron chi connectivity index (χ0n) is 11.4. The number of unbranched alkanes of at least 4 members (excludes halogenated alkanes) is 1. The fourth-order valence-electron chi connectivity index (χ4n) is 1.74. The fourth-order valence-corrected chi connectivity index (χ4v) is 1.74. The zero-order valence-corrected chi connectivity index (χ0v) is 11.4. The van der Waals surface area contributed by atoms with Gasteiger partial charge in [0.1, 0.15) is 5.75 Å². The van der Waals surface area contributed by atoms with Gasteiger partial charge in [0.2, 0.25) is 5.88 Å². The Kier molecular flexibility index (Phi) is 4.72. The van der Waals surface area contributed by atoms with Gasteiger partial charge in [0.05, 0.1) is 12.2 Å². The van der Waals surface area contributed by atoms with Crippen LogP contribution in [0.5, 0.6) is 11.6 Å². The van der Waals surface area contributed by atoms with Gasteiger partial charge < -0.3 is 9.47 Å². The van der Waals surface area contributed by atoms with Crippen LogP contribution in [0.25, 0.3) is 11.1 Å². The first-order valence-corrected chi connectivity index (χ1v) is 6.52. The number of nitrogens with zero attached hydrogens (tertiary/aromatic N) is 1. The van der Waals surface area contributed by atoms with E-state index in [4.69, 9.17) is 4.74 Å². The lowest BCUT2D eigenvalue weighted by atomic mass is 10.1. The number of hydrogen-bond acceptors (Lipinski definition) is 3. The number of ether oxygens (including phenoxy) is 2. The number of aromatic nitrogens is 2. The molecular formula is C14H15F3N2O2. The molecule has 0 saturated carbocycles. The van der Waals surface area contributed by atoms with Crippen LogP contribution in [-0.2, 0) is 0 Å². The van der Waals surface area contributed by atoms with Crippen LogP contribution in [0.15, 0.2) is 30.5 Å². The summed E-state index contributed by atoms with van der Waals surface area (Å²) in [6.07, 6.45) is -1.14. The highest BCUT2D eigenvalue weighted by atomic mass is 19.4. The van der Waals surface area contributed by atoms with E-state index in [9.17, 15) is 13.2 Å². The van der Waals surface area contributed by atoms with Crippen LogP contribution in [0.3, 0.4) is 0 Å². The van der Waals surface area contributed by atoms with Gasteiger partial charge >= 0.3 is 6.36 Å². The van der Waals surface area contributed by atoms with E-state index in [0.717, 1.165) is 12.8 Å². The zero-order chi connectivity index (χ0) is 15.3. The molecule has 7 heteroatoms. The molecule has 0 atom stereocenters. The van der Waals surface area contributed by atoms with E-state index in [2.05, 4.69) is 14.9 Å². The number of aromatic amines is 1. The predicted molar refractivity (Wildman–Crippen MR) is 71.1 cm³/mol. The first-order valence-electron chi connectivity index (χ1n) is 6.52. The Morgan fingerprint density at radius 2 is 1.90 bits per heavy atom. The summed E-state index contributed by atoms with van der Waals surface area (Å²) in [4.78, 5) is 0. The van der Waals surface area contributed by atoms with Gasteiger partial charge in [-0.3, -0.25) is 5.10 Å². The number of halogens is 3. The highest BCUT2D eigenvalue weighted by molar-refractivity contribution is 5.68. The average Bonchev–Trinajstić information content (AvgIpc) is 2.86. The molecule has 2 aromatic rings. The lowest BCUT2D eigenvalue weighted by Crippen LogP contribution is -2.16. The van der Waals surface area contributed by atoms with Gasteiger partial charge in [0.15, 0.2) is 0 Å². The third-order valence-electron chi connectivity index (χ3n) is 2.74. The first kappa shape index (κ1) is 15.2. The van der Waals surface area contributed by atoms with Crippen molar-refractivity contribution < 1.29 is 22.6 Å². The Morgan fingerprint density at radius 1 is 1.19 bits per heavy atom. The van der Waals surface area contributed by atoms with Gasteiger partial charge in [-0.15, -0.1) is 18.3 Å². The Hall–Kier alpha value is -2.18. The highest BCUT2D eigenvalue weighted by Gasteiger charge is 2.31. The molecule has 114 valence electrons. The summed E-state index contributed by atoms with van der Waals surface area (Å²) < 4.78 is 45.6. The fraction of sp³-hybridized carbons (Fsp3) is 0.357. The number of benzene rings is 1. The van der Waals surface area contributed by atoms with Crippen molar-refractivity contribution in [3.63, 3.8) is 0 Å². The van der Waals surface area contributed by atoms with E-state index in [1.165, 1.54) is 24.3 Å². The molecule has 0 amide bonds.